The number of nitrogens with one attached hydrogen (secondary N) is 1. The molecule has 2 nitrogen and oxygen atoms in total. The van der Waals surface area contributed by atoms with Crippen LogP contribution in [0, 0.1) is 0 Å². The first-order valence-corrected chi connectivity index (χ1v) is 6.65. The Kier molecular flexibility index (Phi) is 5.93. The summed E-state index contributed by atoms with van der Waals surface area (Å²) in [5.74, 6) is -0.00854. The Hall–Kier alpha value is -1.28. The molecule has 0 radical (unpaired) electrons. The van der Waals surface area contributed by atoms with Gasteiger partial charge in [0.25, 0.3) is 5.91 Å². The minimum absolute atomic E-state index is 0.00854. The van der Waals surface area contributed by atoms with Crippen molar-refractivity contribution in [2.24, 2.45) is 0 Å². The van der Waals surface area contributed by atoms with Crippen LogP contribution in [0.3, 0.4) is 0 Å². The highest BCUT2D eigenvalue weighted by Gasteiger charge is 2.12. The summed E-state index contributed by atoms with van der Waals surface area (Å²) < 4.78 is 0. The second-order valence-electron chi connectivity index (χ2n) is 4.49. The first-order chi connectivity index (χ1) is 8.56. The molecule has 0 saturated heterocycles. The summed E-state index contributed by atoms with van der Waals surface area (Å²) in [7, 11) is 0. The molecule has 0 aliphatic carbocycles. The Balaban J connectivity index is 2.88. The van der Waals surface area contributed by atoms with E-state index in [1.165, 1.54) is 0 Å². The fourth-order valence-corrected chi connectivity index (χ4v) is 1.86. The van der Waals surface area contributed by atoms with E-state index in [9.17, 15) is 4.79 Å². The van der Waals surface area contributed by atoms with Crippen LogP contribution in [0.4, 0.5) is 0 Å². The summed E-state index contributed by atoms with van der Waals surface area (Å²) in [6.07, 6.45) is 2.08. The van der Waals surface area contributed by atoms with E-state index >= 15 is 0 Å². The maximum atomic E-state index is 12.1. The van der Waals surface area contributed by atoms with Crippen molar-refractivity contribution >= 4 is 23.1 Å². The van der Waals surface area contributed by atoms with Gasteiger partial charge in [0.1, 0.15) is 0 Å². The average Bonchev–Trinajstić information content (AvgIpc) is 2.32. The van der Waals surface area contributed by atoms with E-state index in [1.807, 2.05) is 26.0 Å². The van der Waals surface area contributed by atoms with Gasteiger partial charge >= 0.3 is 0 Å². The summed E-state index contributed by atoms with van der Waals surface area (Å²) in [5, 5.41) is 3.63. The first kappa shape index (κ1) is 14.8. The van der Waals surface area contributed by atoms with E-state index in [1.54, 1.807) is 12.1 Å². The van der Waals surface area contributed by atoms with Crippen molar-refractivity contribution in [3.8, 4) is 0 Å². The van der Waals surface area contributed by atoms with Crippen LogP contribution in [0.15, 0.2) is 29.8 Å². The number of rotatable bonds is 5. The van der Waals surface area contributed by atoms with Crippen LogP contribution in [0.25, 0.3) is 5.57 Å². The van der Waals surface area contributed by atoms with Gasteiger partial charge in [-0.2, -0.15) is 0 Å². The van der Waals surface area contributed by atoms with E-state index in [-0.39, 0.29) is 5.91 Å². The lowest BCUT2D eigenvalue weighted by molar-refractivity contribution is -0.115. The lowest BCUT2D eigenvalue weighted by Gasteiger charge is -2.11. The Morgan fingerprint density at radius 1 is 1.22 bits per heavy atom. The molecule has 0 aliphatic heterocycles. The van der Waals surface area contributed by atoms with Crippen molar-refractivity contribution in [1.82, 2.24) is 5.32 Å². The van der Waals surface area contributed by atoms with Crippen LogP contribution in [0.1, 0.15) is 39.2 Å². The molecule has 0 spiro atoms. The summed E-state index contributed by atoms with van der Waals surface area (Å²) in [5.41, 5.74) is 2.66. The zero-order valence-corrected chi connectivity index (χ0v) is 12.0. The van der Waals surface area contributed by atoms with E-state index in [0.717, 1.165) is 36.1 Å². The number of hydrogen-bond acceptors (Lipinski definition) is 1. The molecule has 0 unspecified atom stereocenters. The second-order valence-corrected chi connectivity index (χ2v) is 4.93. The topological polar surface area (TPSA) is 29.1 Å². The normalized spacial score (nSPS) is 10.0. The van der Waals surface area contributed by atoms with Crippen molar-refractivity contribution in [3.05, 3.63) is 40.4 Å². The second kappa shape index (κ2) is 7.22. The Morgan fingerprint density at radius 3 is 2.33 bits per heavy atom. The number of allylic oxidation sites excluding steroid dienone is 1. The van der Waals surface area contributed by atoms with E-state index < -0.39 is 0 Å². The van der Waals surface area contributed by atoms with Gasteiger partial charge < -0.3 is 5.32 Å². The SMILES string of the molecule is CCCCNC(=O)C(=C(C)C)c1ccc(Cl)cc1. The number of halogens is 1. The van der Waals surface area contributed by atoms with Crippen molar-refractivity contribution in [1.29, 1.82) is 0 Å². The van der Waals surface area contributed by atoms with Gasteiger partial charge in [0.05, 0.1) is 0 Å². The molecule has 0 aromatic heterocycles. The highest BCUT2D eigenvalue weighted by molar-refractivity contribution is 6.30. The molecule has 0 atom stereocenters. The molecular formula is C15H20ClNO. The van der Waals surface area contributed by atoms with Crippen molar-refractivity contribution in [3.63, 3.8) is 0 Å². The van der Waals surface area contributed by atoms with Gasteiger partial charge in [-0.1, -0.05) is 42.7 Å². The predicted octanol–water partition coefficient (Wildman–Crippen LogP) is 4.05. The summed E-state index contributed by atoms with van der Waals surface area (Å²) in [4.78, 5) is 12.1. The highest BCUT2D eigenvalue weighted by Crippen LogP contribution is 2.21. The Labute approximate surface area is 114 Å². The molecule has 0 fully saturated rings. The van der Waals surface area contributed by atoms with Gasteiger partial charge in [-0.15, -0.1) is 0 Å². The molecule has 1 rings (SSSR count). The summed E-state index contributed by atoms with van der Waals surface area (Å²) >= 11 is 5.86. The van der Waals surface area contributed by atoms with Crippen LogP contribution >= 0.6 is 11.6 Å². The lowest BCUT2D eigenvalue weighted by atomic mass is 10.0. The zero-order valence-electron chi connectivity index (χ0n) is 11.2. The zero-order chi connectivity index (χ0) is 13.5. The minimum Gasteiger partial charge on any atom is -0.352 e. The summed E-state index contributed by atoms with van der Waals surface area (Å²) in [6.45, 7) is 6.72. The first-order valence-electron chi connectivity index (χ1n) is 6.28. The molecule has 1 aromatic rings. The van der Waals surface area contributed by atoms with Gasteiger partial charge in [0, 0.05) is 17.1 Å². The molecule has 0 bridgehead atoms. The predicted molar refractivity (Wildman–Crippen MR) is 77.6 cm³/mol. The third-order valence-electron chi connectivity index (χ3n) is 2.68. The number of hydrogen-bond donors (Lipinski definition) is 1. The molecule has 1 amide bonds. The lowest BCUT2D eigenvalue weighted by Crippen LogP contribution is -2.25. The molecule has 18 heavy (non-hydrogen) atoms. The molecule has 1 aromatic carbocycles. The van der Waals surface area contributed by atoms with Crippen LogP contribution in [-0.4, -0.2) is 12.5 Å². The Bertz CT molecular complexity index is 430. The largest absolute Gasteiger partial charge is 0.352 e. The third-order valence-corrected chi connectivity index (χ3v) is 2.93. The quantitative estimate of drug-likeness (QED) is 0.632. The molecule has 0 saturated carbocycles. The summed E-state index contributed by atoms with van der Waals surface area (Å²) in [6, 6.07) is 7.37. The molecular weight excluding hydrogens is 246 g/mol. The molecule has 0 heterocycles. The smallest absolute Gasteiger partial charge is 0.251 e. The van der Waals surface area contributed by atoms with Gasteiger partial charge in [0.15, 0.2) is 0 Å². The fraction of sp³-hybridized carbons (Fsp3) is 0.400. The van der Waals surface area contributed by atoms with Gasteiger partial charge in [0.2, 0.25) is 0 Å². The maximum absolute atomic E-state index is 12.1. The third kappa shape index (κ3) is 4.19. The monoisotopic (exact) mass is 265 g/mol. The number of benzene rings is 1. The Morgan fingerprint density at radius 2 is 1.83 bits per heavy atom. The van der Waals surface area contributed by atoms with Crippen LogP contribution in [-0.2, 0) is 4.79 Å². The minimum atomic E-state index is -0.00854. The van der Waals surface area contributed by atoms with E-state index in [0.29, 0.717) is 5.02 Å². The number of amides is 1. The standard InChI is InChI=1S/C15H20ClNO/c1-4-5-10-17-15(18)14(11(2)3)12-6-8-13(16)9-7-12/h6-9H,4-5,10H2,1-3H3,(H,17,18). The van der Waals surface area contributed by atoms with Gasteiger partial charge in [-0.3, -0.25) is 4.79 Å². The van der Waals surface area contributed by atoms with Crippen LogP contribution in [0.5, 0.6) is 0 Å². The molecule has 98 valence electrons. The number of carbonyl (C=O) groups is 1. The average molecular weight is 266 g/mol. The molecule has 1 N–H and O–H groups in total. The van der Waals surface area contributed by atoms with Crippen molar-refractivity contribution in [2.75, 3.05) is 6.54 Å². The van der Waals surface area contributed by atoms with Gasteiger partial charge in [-0.05, 0) is 38.0 Å². The number of unbranched alkanes of at least 4 members (excludes halogenated alkanes) is 1. The maximum Gasteiger partial charge on any atom is 0.251 e. The van der Waals surface area contributed by atoms with E-state index in [2.05, 4.69) is 12.2 Å². The van der Waals surface area contributed by atoms with E-state index in [4.69, 9.17) is 11.6 Å². The van der Waals surface area contributed by atoms with Crippen molar-refractivity contribution in [2.45, 2.75) is 33.6 Å². The van der Waals surface area contributed by atoms with Gasteiger partial charge in [-0.25, -0.2) is 0 Å². The van der Waals surface area contributed by atoms with Crippen molar-refractivity contribution < 1.29 is 4.79 Å². The number of carbonyl (C=O) groups excluding carboxylic acids is 1. The van der Waals surface area contributed by atoms with Crippen LogP contribution < -0.4 is 5.32 Å². The molecule has 0 aliphatic rings. The van der Waals surface area contributed by atoms with Crippen LogP contribution in [0.2, 0.25) is 5.02 Å². The highest BCUT2D eigenvalue weighted by atomic mass is 35.5. The fourth-order valence-electron chi connectivity index (χ4n) is 1.73. The molecule has 3 heteroatoms.